The van der Waals surface area contributed by atoms with Crippen molar-refractivity contribution in [3.05, 3.63) is 23.5 Å². The van der Waals surface area contributed by atoms with E-state index in [2.05, 4.69) is 5.32 Å². The summed E-state index contributed by atoms with van der Waals surface area (Å²) in [6.45, 7) is 3.25. The first-order valence-electron chi connectivity index (χ1n) is 5.00. The molecule has 0 aliphatic carbocycles. The number of aliphatic hydroxyl groups is 1. The number of nitrogen functional groups attached to an aromatic ring is 1. The number of hydrogen-bond donors (Lipinski definition) is 4. The summed E-state index contributed by atoms with van der Waals surface area (Å²) in [7, 11) is 0. The molecule has 0 radical (unpaired) electrons. The summed E-state index contributed by atoms with van der Waals surface area (Å²) in [6.07, 6.45) is 0. The van der Waals surface area contributed by atoms with Crippen LogP contribution in [0, 0.1) is 5.82 Å². The summed E-state index contributed by atoms with van der Waals surface area (Å²) >= 11 is 0. The van der Waals surface area contributed by atoms with Crippen LogP contribution < -0.4 is 11.1 Å². The van der Waals surface area contributed by atoms with Crippen molar-refractivity contribution in [3.63, 3.8) is 0 Å². The van der Waals surface area contributed by atoms with Crippen LogP contribution in [0.1, 0.15) is 24.2 Å². The van der Waals surface area contributed by atoms with E-state index in [1.165, 1.54) is 6.07 Å². The number of halogens is 1. The number of carbonyl (C=O) groups is 1. The first-order valence-corrected chi connectivity index (χ1v) is 5.00. The molecule has 1 aromatic rings. The predicted molar refractivity (Wildman–Crippen MR) is 62.6 cm³/mol. The van der Waals surface area contributed by atoms with Gasteiger partial charge >= 0.3 is 5.97 Å². The molecular weight excluding hydrogens is 227 g/mol. The third-order valence-electron chi connectivity index (χ3n) is 2.12. The van der Waals surface area contributed by atoms with Crippen LogP contribution in [0.4, 0.5) is 15.8 Å². The number of anilines is 2. The third kappa shape index (κ3) is 3.32. The second-order valence-corrected chi connectivity index (χ2v) is 4.35. The molecule has 17 heavy (non-hydrogen) atoms. The Kier molecular flexibility index (Phi) is 3.57. The summed E-state index contributed by atoms with van der Waals surface area (Å²) in [4.78, 5) is 11.0. The highest BCUT2D eigenvalue weighted by molar-refractivity contribution is 6.00. The van der Waals surface area contributed by atoms with Crippen LogP contribution in [0.25, 0.3) is 0 Å². The molecule has 5 N–H and O–H groups in total. The summed E-state index contributed by atoms with van der Waals surface area (Å²) < 4.78 is 13.1. The molecule has 5 nitrogen and oxygen atoms in total. The van der Waals surface area contributed by atoms with Crippen LogP contribution in [0.3, 0.4) is 0 Å². The van der Waals surface area contributed by atoms with Gasteiger partial charge < -0.3 is 21.3 Å². The van der Waals surface area contributed by atoms with Gasteiger partial charge in [0.15, 0.2) is 0 Å². The van der Waals surface area contributed by atoms with E-state index in [9.17, 15) is 14.3 Å². The molecule has 94 valence electrons. The molecule has 0 unspecified atom stereocenters. The molecular formula is C11H15FN2O3. The minimum atomic E-state index is -1.32. The Bertz CT molecular complexity index is 441. The summed E-state index contributed by atoms with van der Waals surface area (Å²) in [5, 5.41) is 21.2. The van der Waals surface area contributed by atoms with E-state index in [1.54, 1.807) is 13.8 Å². The van der Waals surface area contributed by atoms with Gasteiger partial charge in [0.25, 0.3) is 0 Å². The molecule has 0 saturated heterocycles. The van der Waals surface area contributed by atoms with Crippen molar-refractivity contribution in [3.8, 4) is 0 Å². The average molecular weight is 242 g/mol. The molecule has 0 amide bonds. The zero-order valence-corrected chi connectivity index (χ0v) is 9.62. The van der Waals surface area contributed by atoms with Gasteiger partial charge in [0.1, 0.15) is 11.4 Å². The Labute approximate surface area is 98.1 Å². The first-order chi connectivity index (χ1) is 7.72. The molecule has 0 aromatic heterocycles. The second-order valence-electron chi connectivity index (χ2n) is 4.35. The number of nitrogens with one attached hydrogen (secondary N) is 1. The number of rotatable bonds is 4. The summed E-state index contributed by atoms with van der Waals surface area (Å²) in [5.41, 5.74) is 3.79. The van der Waals surface area contributed by atoms with Crippen LogP contribution in [-0.4, -0.2) is 28.3 Å². The van der Waals surface area contributed by atoms with Crippen LogP contribution >= 0.6 is 0 Å². The Morgan fingerprint density at radius 2 is 2.12 bits per heavy atom. The maximum absolute atomic E-state index is 13.1. The lowest BCUT2D eigenvalue weighted by Gasteiger charge is -2.20. The number of carboxylic acids is 1. The SMILES string of the molecule is CC(C)(O)CNc1ccc(F)c(N)c1C(=O)O. The number of aromatic carboxylic acids is 1. The fraction of sp³-hybridized carbons (Fsp3) is 0.364. The third-order valence-corrected chi connectivity index (χ3v) is 2.12. The standard InChI is InChI=1S/C11H15FN2O3/c1-11(2,17)5-14-7-4-3-6(12)9(13)8(7)10(15)16/h3-4,14,17H,5,13H2,1-2H3,(H,15,16). The Balaban J connectivity index is 3.08. The second kappa shape index (κ2) is 4.58. The molecule has 1 aromatic carbocycles. The van der Waals surface area contributed by atoms with Crippen molar-refractivity contribution < 1.29 is 19.4 Å². The smallest absolute Gasteiger partial charge is 0.340 e. The zero-order chi connectivity index (χ0) is 13.2. The molecule has 0 fully saturated rings. The lowest BCUT2D eigenvalue weighted by molar-refractivity contribution is 0.0697. The normalized spacial score (nSPS) is 11.3. The van der Waals surface area contributed by atoms with E-state index in [1.807, 2.05) is 0 Å². The fourth-order valence-electron chi connectivity index (χ4n) is 1.28. The van der Waals surface area contributed by atoms with Gasteiger partial charge in [0.05, 0.1) is 17.0 Å². The zero-order valence-electron chi connectivity index (χ0n) is 9.62. The van der Waals surface area contributed by atoms with Crippen molar-refractivity contribution >= 4 is 17.3 Å². The average Bonchev–Trinajstić information content (AvgIpc) is 2.18. The van der Waals surface area contributed by atoms with E-state index in [0.717, 1.165) is 6.07 Å². The van der Waals surface area contributed by atoms with E-state index in [4.69, 9.17) is 10.8 Å². The molecule has 0 aliphatic rings. The van der Waals surface area contributed by atoms with E-state index in [0.29, 0.717) is 0 Å². The van der Waals surface area contributed by atoms with Crippen LogP contribution in [0.5, 0.6) is 0 Å². The molecule has 0 aliphatic heterocycles. The quantitative estimate of drug-likeness (QED) is 0.597. The number of benzene rings is 1. The van der Waals surface area contributed by atoms with Gasteiger partial charge in [-0.25, -0.2) is 9.18 Å². The summed E-state index contributed by atoms with van der Waals surface area (Å²) in [5.74, 6) is -2.10. The predicted octanol–water partition coefficient (Wildman–Crippen LogP) is 1.29. The van der Waals surface area contributed by atoms with Gasteiger partial charge in [0.2, 0.25) is 0 Å². The number of carboxylic acid groups (broad SMARTS) is 1. The van der Waals surface area contributed by atoms with E-state index in [-0.39, 0.29) is 17.8 Å². The topological polar surface area (TPSA) is 95.6 Å². The van der Waals surface area contributed by atoms with Crippen LogP contribution in [0.15, 0.2) is 12.1 Å². The Morgan fingerprint density at radius 3 is 2.59 bits per heavy atom. The molecule has 1 rings (SSSR count). The number of nitrogens with two attached hydrogens (primary N) is 1. The van der Waals surface area contributed by atoms with Crippen LogP contribution in [-0.2, 0) is 0 Å². The van der Waals surface area contributed by atoms with Gasteiger partial charge in [-0.1, -0.05) is 0 Å². The van der Waals surface area contributed by atoms with Crippen molar-refractivity contribution in [1.82, 2.24) is 0 Å². The lowest BCUT2D eigenvalue weighted by atomic mass is 10.1. The monoisotopic (exact) mass is 242 g/mol. The maximum atomic E-state index is 13.1. The Morgan fingerprint density at radius 1 is 1.53 bits per heavy atom. The highest BCUT2D eigenvalue weighted by Gasteiger charge is 2.19. The maximum Gasteiger partial charge on any atom is 0.340 e. The summed E-state index contributed by atoms with van der Waals surface area (Å²) in [6, 6.07) is 2.36. The fourth-order valence-corrected chi connectivity index (χ4v) is 1.28. The molecule has 0 bridgehead atoms. The van der Waals surface area contributed by atoms with Crippen molar-refractivity contribution in [2.45, 2.75) is 19.4 Å². The van der Waals surface area contributed by atoms with Gasteiger partial charge in [-0.15, -0.1) is 0 Å². The highest BCUT2D eigenvalue weighted by Crippen LogP contribution is 2.25. The first kappa shape index (κ1) is 13.2. The molecule has 6 heteroatoms. The Hall–Kier alpha value is -1.82. The molecule has 0 atom stereocenters. The van der Waals surface area contributed by atoms with E-state index >= 15 is 0 Å². The van der Waals surface area contributed by atoms with Crippen molar-refractivity contribution in [2.24, 2.45) is 0 Å². The van der Waals surface area contributed by atoms with E-state index < -0.39 is 23.1 Å². The van der Waals surface area contributed by atoms with Crippen LogP contribution in [0.2, 0.25) is 0 Å². The molecule has 0 saturated carbocycles. The highest BCUT2D eigenvalue weighted by atomic mass is 19.1. The minimum absolute atomic E-state index is 0.123. The van der Waals surface area contributed by atoms with Crippen molar-refractivity contribution in [2.75, 3.05) is 17.6 Å². The van der Waals surface area contributed by atoms with Gasteiger partial charge in [0, 0.05) is 6.54 Å². The van der Waals surface area contributed by atoms with Gasteiger partial charge in [-0.05, 0) is 26.0 Å². The van der Waals surface area contributed by atoms with Crippen molar-refractivity contribution in [1.29, 1.82) is 0 Å². The lowest BCUT2D eigenvalue weighted by Crippen LogP contribution is -2.30. The molecule has 0 heterocycles. The molecule has 0 spiro atoms. The minimum Gasteiger partial charge on any atom is -0.478 e. The largest absolute Gasteiger partial charge is 0.478 e. The van der Waals surface area contributed by atoms with Gasteiger partial charge in [-0.2, -0.15) is 0 Å². The number of hydrogen-bond acceptors (Lipinski definition) is 4. The van der Waals surface area contributed by atoms with Gasteiger partial charge in [-0.3, -0.25) is 0 Å².